The van der Waals surface area contributed by atoms with Gasteiger partial charge in [0, 0.05) is 6.42 Å². The van der Waals surface area contributed by atoms with Crippen LogP contribution in [0.4, 0.5) is 0 Å². The van der Waals surface area contributed by atoms with E-state index in [1.165, 1.54) is 0 Å². The minimum atomic E-state index is -3.91. The van der Waals surface area contributed by atoms with Crippen molar-refractivity contribution in [3.8, 4) is 0 Å². The maximum absolute atomic E-state index is 10.8. The highest BCUT2D eigenvalue weighted by molar-refractivity contribution is 7.85. The minimum absolute atomic E-state index is 0.0440. The molecule has 1 N–H and O–H groups in total. The molecule has 1 saturated carbocycles. The molecule has 1 aliphatic carbocycles. The number of carbonyl (C=O) groups is 1. The summed E-state index contributed by atoms with van der Waals surface area (Å²) in [4.78, 5) is 10.5. The van der Waals surface area contributed by atoms with Gasteiger partial charge >= 0.3 is 0 Å². The molecule has 88 valence electrons. The van der Waals surface area contributed by atoms with E-state index in [4.69, 9.17) is 4.55 Å². The van der Waals surface area contributed by atoms with Gasteiger partial charge in [-0.05, 0) is 30.1 Å². The van der Waals surface area contributed by atoms with Gasteiger partial charge in [0.2, 0.25) is 0 Å². The third-order valence-corrected chi connectivity index (χ3v) is 4.58. The van der Waals surface area contributed by atoms with E-state index in [-0.39, 0.29) is 23.0 Å². The third kappa shape index (κ3) is 3.01. The normalized spacial score (nSPS) is 30.3. The summed E-state index contributed by atoms with van der Waals surface area (Å²) in [5.41, 5.74) is -0.184. The molecule has 0 bridgehead atoms. The van der Waals surface area contributed by atoms with Crippen LogP contribution in [-0.4, -0.2) is 25.0 Å². The Labute approximate surface area is 90.8 Å². The number of rotatable bonds is 4. The second-order valence-electron chi connectivity index (χ2n) is 4.94. The van der Waals surface area contributed by atoms with E-state index in [9.17, 15) is 13.2 Å². The van der Waals surface area contributed by atoms with E-state index in [0.29, 0.717) is 6.42 Å². The molecule has 0 aromatic carbocycles. The number of aldehydes is 1. The van der Waals surface area contributed by atoms with Gasteiger partial charge in [-0.2, -0.15) is 8.42 Å². The number of carbonyl (C=O) groups excluding carboxylic acids is 1. The Bertz CT molecular complexity index is 331. The van der Waals surface area contributed by atoms with E-state index in [1.807, 2.05) is 13.8 Å². The summed E-state index contributed by atoms with van der Waals surface area (Å²) < 4.78 is 30.5. The molecule has 0 radical (unpaired) electrons. The molecule has 0 aliphatic heterocycles. The van der Waals surface area contributed by atoms with Crippen LogP contribution in [0.2, 0.25) is 0 Å². The predicted octanol–water partition coefficient (Wildman–Crippen LogP) is 1.52. The molecule has 4 nitrogen and oxygen atoms in total. The van der Waals surface area contributed by atoms with Gasteiger partial charge in [-0.25, -0.2) is 0 Å². The highest BCUT2D eigenvalue weighted by Gasteiger charge is 2.43. The Kier molecular flexibility index (Phi) is 3.55. The second-order valence-corrected chi connectivity index (χ2v) is 6.44. The fourth-order valence-electron chi connectivity index (χ4n) is 2.57. The van der Waals surface area contributed by atoms with Crippen LogP contribution in [-0.2, 0) is 14.9 Å². The maximum atomic E-state index is 10.8. The van der Waals surface area contributed by atoms with Gasteiger partial charge in [0.1, 0.15) is 6.29 Å². The van der Waals surface area contributed by atoms with Gasteiger partial charge in [-0.3, -0.25) is 4.55 Å². The van der Waals surface area contributed by atoms with Crippen molar-refractivity contribution in [1.29, 1.82) is 0 Å². The van der Waals surface area contributed by atoms with Gasteiger partial charge in [0.15, 0.2) is 0 Å². The molecule has 0 heterocycles. The van der Waals surface area contributed by atoms with Gasteiger partial charge in [0.05, 0.1) is 5.75 Å². The lowest BCUT2D eigenvalue weighted by molar-refractivity contribution is -0.109. The SMILES string of the molecule is CC1(C)C(CC=O)CCC1CS(=O)(=O)O. The van der Waals surface area contributed by atoms with Crippen molar-refractivity contribution in [2.24, 2.45) is 17.3 Å². The zero-order valence-electron chi connectivity index (χ0n) is 9.14. The van der Waals surface area contributed by atoms with Crippen LogP contribution in [0.25, 0.3) is 0 Å². The van der Waals surface area contributed by atoms with Crippen molar-refractivity contribution >= 4 is 16.4 Å². The zero-order chi connectivity index (χ0) is 11.7. The van der Waals surface area contributed by atoms with Crippen molar-refractivity contribution in [1.82, 2.24) is 0 Å². The molecule has 0 amide bonds. The fourth-order valence-corrected chi connectivity index (χ4v) is 3.67. The first-order valence-corrected chi connectivity index (χ1v) is 6.77. The van der Waals surface area contributed by atoms with Crippen LogP contribution >= 0.6 is 0 Å². The van der Waals surface area contributed by atoms with Gasteiger partial charge in [-0.15, -0.1) is 0 Å². The Morgan fingerprint density at radius 1 is 1.33 bits per heavy atom. The molecule has 0 aromatic rings. The molecular formula is C10H18O4S. The average molecular weight is 234 g/mol. The van der Waals surface area contributed by atoms with Crippen LogP contribution in [0.1, 0.15) is 33.1 Å². The molecule has 15 heavy (non-hydrogen) atoms. The largest absolute Gasteiger partial charge is 0.303 e. The van der Waals surface area contributed by atoms with Crippen LogP contribution < -0.4 is 0 Å². The van der Waals surface area contributed by atoms with Crippen molar-refractivity contribution in [3.63, 3.8) is 0 Å². The van der Waals surface area contributed by atoms with E-state index < -0.39 is 10.1 Å². The standard InChI is InChI=1S/C10H18O4S/c1-10(2)8(5-6-11)3-4-9(10)7-15(12,13)14/h6,8-9H,3-5,7H2,1-2H3,(H,12,13,14). The summed E-state index contributed by atoms with van der Waals surface area (Å²) in [5.74, 6) is 0.00854. The van der Waals surface area contributed by atoms with E-state index in [0.717, 1.165) is 19.1 Å². The molecule has 1 rings (SSSR count). The summed E-state index contributed by atoms with van der Waals surface area (Å²) in [7, 11) is -3.91. The van der Waals surface area contributed by atoms with Gasteiger partial charge in [-0.1, -0.05) is 13.8 Å². The first kappa shape index (κ1) is 12.6. The average Bonchev–Trinajstić information content (AvgIpc) is 2.29. The summed E-state index contributed by atoms with van der Waals surface area (Å²) in [6.45, 7) is 3.95. The lowest BCUT2D eigenvalue weighted by Crippen LogP contribution is -2.30. The van der Waals surface area contributed by atoms with E-state index in [2.05, 4.69) is 0 Å². The van der Waals surface area contributed by atoms with Crippen LogP contribution in [0.3, 0.4) is 0 Å². The molecule has 0 saturated heterocycles. The molecule has 5 heteroatoms. The molecule has 0 aromatic heterocycles. The molecule has 1 fully saturated rings. The molecular weight excluding hydrogens is 216 g/mol. The van der Waals surface area contributed by atoms with E-state index >= 15 is 0 Å². The van der Waals surface area contributed by atoms with Crippen molar-refractivity contribution in [3.05, 3.63) is 0 Å². The molecule has 2 atom stereocenters. The van der Waals surface area contributed by atoms with E-state index in [1.54, 1.807) is 0 Å². The fraction of sp³-hybridized carbons (Fsp3) is 0.900. The smallest absolute Gasteiger partial charge is 0.265 e. The highest BCUT2D eigenvalue weighted by Crippen LogP contribution is 2.48. The topological polar surface area (TPSA) is 71.4 Å². The van der Waals surface area contributed by atoms with Crippen LogP contribution in [0, 0.1) is 17.3 Å². The maximum Gasteiger partial charge on any atom is 0.265 e. The Morgan fingerprint density at radius 2 is 1.87 bits per heavy atom. The molecule has 0 spiro atoms. The van der Waals surface area contributed by atoms with Crippen LogP contribution in [0.5, 0.6) is 0 Å². The second kappa shape index (κ2) is 4.22. The first-order chi connectivity index (χ1) is 6.77. The van der Waals surface area contributed by atoms with Crippen molar-refractivity contribution in [2.75, 3.05) is 5.75 Å². The lowest BCUT2D eigenvalue weighted by Gasteiger charge is -2.31. The summed E-state index contributed by atoms with van der Waals surface area (Å²) in [6.07, 6.45) is 3.01. The minimum Gasteiger partial charge on any atom is -0.303 e. The zero-order valence-corrected chi connectivity index (χ0v) is 9.96. The first-order valence-electron chi connectivity index (χ1n) is 5.16. The quantitative estimate of drug-likeness (QED) is 0.591. The van der Waals surface area contributed by atoms with Crippen LogP contribution in [0.15, 0.2) is 0 Å². The molecule has 1 aliphatic rings. The predicted molar refractivity (Wildman–Crippen MR) is 57.1 cm³/mol. The monoisotopic (exact) mass is 234 g/mol. The number of hydrogen-bond acceptors (Lipinski definition) is 3. The summed E-state index contributed by atoms with van der Waals surface area (Å²) in [5, 5.41) is 0. The number of hydrogen-bond donors (Lipinski definition) is 1. The Hall–Kier alpha value is -0.420. The Balaban J connectivity index is 2.75. The van der Waals surface area contributed by atoms with Crippen molar-refractivity contribution < 1.29 is 17.8 Å². The summed E-state index contributed by atoms with van der Waals surface area (Å²) >= 11 is 0. The Morgan fingerprint density at radius 3 is 2.33 bits per heavy atom. The highest BCUT2D eigenvalue weighted by atomic mass is 32.2. The lowest BCUT2D eigenvalue weighted by atomic mass is 9.75. The van der Waals surface area contributed by atoms with Gasteiger partial charge < -0.3 is 4.79 Å². The summed E-state index contributed by atoms with van der Waals surface area (Å²) in [6, 6.07) is 0. The third-order valence-electron chi connectivity index (χ3n) is 3.76. The van der Waals surface area contributed by atoms with Crippen molar-refractivity contribution in [2.45, 2.75) is 33.1 Å². The molecule has 2 unspecified atom stereocenters. The van der Waals surface area contributed by atoms with Gasteiger partial charge in [0.25, 0.3) is 10.1 Å².